The van der Waals surface area contributed by atoms with E-state index in [2.05, 4.69) is 0 Å². The molecule has 20 heavy (non-hydrogen) atoms. The van der Waals surface area contributed by atoms with Gasteiger partial charge in [0.15, 0.2) is 0 Å². The summed E-state index contributed by atoms with van der Waals surface area (Å²) in [4.78, 5) is 13.5. The number of nitrogens with zero attached hydrogens (tertiary/aromatic N) is 1. The molecule has 0 fully saturated rings. The molecule has 1 rings (SSSR count). The maximum absolute atomic E-state index is 13.6. The number of sulfonamides is 1. The second-order valence-electron chi connectivity index (χ2n) is 4.51. The molecular weight excluding hydrogens is 283 g/mol. The fourth-order valence-electron chi connectivity index (χ4n) is 2.02. The van der Waals surface area contributed by atoms with Crippen molar-refractivity contribution < 1.29 is 17.6 Å². The molecule has 7 heteroatoms. The number of hydrogen-bond donors (Lipinski definition) is 1. The topological polar surface area (TPSA) is 80.5 Å². The molecule has 1 amide bonds. The molecule has 0 aliphatic carbocycles. The van der Waals surface area contributed by atoms with Gasteiger partial charge in [0.25, 0.3) is 5.91 Å². The van der Waals surface area contributed by atoms with Crippen LogP contribution < -0.4 is 5.14 Å². The van der Waals surface area contributed by atoms with Crippen molar-refractivity contribution in [1.82, 2.24) is 4.90 Å². The standard InChI is InChI=1S/C13H19FN2O3S/c1-4-6-16(5-2)13(17)11-7-10(14)8-12(9(11)3)20(15,18)19/h7-8H,4-6H2,1-3H3,(H2,15,18,19). The Morgan fingerprint density at radius 3 is 2.40 bits per heavy atom. The lowest BCUT2D eigenvalue weighted by molar-refractivity contribution is 0.0763. The first-order valence-corrected chi connectivity index (χ1v) is 7.89. The monoisotopic (exact) mass is 302 g/mol. The van der Waals surface area contributed by atoms with Crippen molar-refractivity contribution in [2.75, 3.05) is 13.1 Å². The molecule has 0 radical (unpaired) electrons. The zero-order chi connectivity index (χ0) is 15.5. The van der Waals surface area contributed by atoms with Gasteiger partial charge in [-0.1, -0.05) is 6.92 Å². The lowest BCUT2D eigenvalue weighted by Crippen LogP contribution is -2.32. The van der Waals surface area contributed by atoms with Crippen molar-refractivity contribution in [2.24, 2.45) is 5.14 Å². The van der Waals surface area contributed by atoms with Gasteiger partial charge >= 0.3 is 0 Å². The summed E-state index contributed by atoms with van der Waals surface area (Å²) in [6, 6.07) is 1.88. The Bertz CT molecular complexity index is 614. The van der Waals surface area contributed by atoms with Gasteiger partial charge in [-0.05, 0) is 38.0 Å². The highest BCUT2D eigenvalue weighted by Crippen LogP contribution is 2.21. The van der Waals surface area contributed by atoms with Gasteiger partial charge in [0, 0.05) is 18.7 Å². The fourth-order valence-corrected chi connectivity index (χ4v) is 2.83. The molecule has 0 saturated carbocycles. The Kier molecular flexibility index (Phi) is 5.24. The lowest BCUT2D eigenvalue weighted by atomic mass is 10.1. The van der Waals surface area contributed by atoms with Gasteiger partial charge in [0.1, 0.15) is 5.82 Å². The summed E-state index contributed by atoms with van der Waals surface area (Å²) in [6.45, 7) is 6.17. The Labute approximate surface area is 118 Å². The van der Waals surface area contributed by atoms with Gasteiger partial charge < -0.3 is 4.90 Å². The fraction of sp³-hybridized carbons (Fsp3) is 0.462. The second-order valence-corrected chi connectivity index (χ2v) is 6.04. The number of carbonyl (C=O) groups excluding carboxylic acids is 1. The van der Waals surface area contributed by atoms with E-state index in [-0.39, 0.29) is 16.0 Å². The predicted octanol–water partition coefficient (Wildman–Crippen LogP) is 1.65. The Morgan fingerprint density at radius 2 is 1.95 bits per heavy atom. The van der Waals surface area contributed by atoms with Gasteiger partial charge in [-0.15, -0.1) is 0 Å². The third-order valence-corrected chi connectivity index (χ3v) is 4.06. The number of primary sulfonamides is 1. The second kappa shape index (κ2) is 6.32. The Hall–Kier alpha value is -1.47. The number of halogens is 1. The van der Waals surface area contributed by atoms with Crippen LogP contribution in [0.15, 0.2) is 17.0 Å². The summed E-state index contributed by atoms with van der Waals surface area (Å²) in [5.41, 5.74) is 0.206. The predicted molar refractivity (Wildman–Crippen MR) is 74.4 cm³/mol. The van der Waals surface area contributed by atoms with Gasteiger partial charge in [0.2, 0.25) is 10.0 Å². The zero-order valence-corrected chi connectivity index (χ0v) is 12.6. The van der Waals surface area contributed by atoms with Gasteiger partial charge in [-0.25, -0.2) is 17.9 Å². The molecule has 0 saturated heterocycles. The number of benzene rings is 1. The number of carbonyl (C=O) groups is 1. The van der Waals surface area contributed by atoms with Crippen LogP contribution in [0, 0.1) is 12.7 Å². The van der Waals surface area contributed by atoms with E-state index in [9.17, 15) is 17.6 Å². The third kappa shape index (κ3) is 3.55. The van der Waals surface area contributed by atoms with Crippen molar-refractivity contribution >= 4 is 15.9 Å². The van der Waals surface area contributed by atoms with Crippen molar-refractivity contribution in [3.8, 4) is 0 Å². The first kappa shape index (κ1) is 16.6. The molecule has 0 atom stereocenters. The molecule has 5 nitrogen and oxygen atoms in total. The maximum atomic E-state index is 13.6. The van der Waals surface area contributed by atoms with Crippen molar-refractivity contribution in [2.45, 2.75) is 32.1 Å². The van der Waals surface area contributed by atoms with E-state index < -0.39 is 21.7 Å². The summed E-state index contributed by atoms with van der Waals surface area (Å²) in [7, 11) is -4.07. The van der Waals surface area contributed by atoms with E-state index in [0.717, 1.165) is 18.6 Å². The normalized spacial score (nSPS) is 11.4. The largest absolute Gasteiger partial charge is 0.339 e. The lowest BCUT2D eigenvalue weighted by Gasteiger charge is -2.21. The minimum absolute atomic E-state index is 0.0318. The van der Waals surface area contributed by atoms with Crippen LogP contribution in [0.2, 0.25) is 0 Å². The summed E-state index contributed by atoms with van der Waals surface area (Å²) in [5.74, 6) is -1.19. The summed E-state index contributed by atoms with van der Waals surface area (Å²) >= 11 is 0. The average molecular weight is 302 g/mol. The van der Waals surface area contributed by atoms with Crippen LogP contribution in [0.25, 0.3) is 0 Å². The van der Waals surface area contributed by atoms with Gasteiger partial charge in [-0.2, -0.15) is 0 Å². The maximum Gasteiger partial charge on any atom is 0.254 e. The highest BCUT2D eigenvalue weighted by Gasteiger charge is 2.22. The van der Waals surface area contributed by atoms with Crippen LogP contribution in [0.1, 0.15) is 36.2 Å². The van der Waals surface area contributed by atoms with Crippen LogP contribution in [0.4, 0.5) is 4.39 Å². The first-order chi connectivity index (χ1) is 9.22. The number of nitrogens with two attached hydrogens (primary N) is 1. The highest BCUT2D eigenvalue weighted by molar-refractivity contribution is 7.89. The van der Waals surface area contributed by atoms with Gasteiger partial charge in [0.05, 0.1) is 4.90 Å². The minimum Gasteiger partial charge on any atom is -0.339 e. The van der Waals surface area contributed by atoms with Gasteiger partial charge in [-0.3, -0.25) is 4.79 Å². The highest BCUT2D eigenvalue weighted by atomic mass is 32.2. The van der Waals surface area contributed by atoms with Crippen LogP contribution in [-0.2, 0) is 10.0 Å². The van der Waals surface area contributed by atoms with Crippen molar-refractivity contribution in [3.05, 3.63) is 29.1 Å². The van der Waals surface area contributed by atoms with Crippen molar-refractivity contribution in [3.63, 3.8) is 0 Å². The quantitative estimate of drug-likeness (QED) is 0.898. The summed E-state index contributed by atoms with van der Waals surface area (Å²) in [6.07, 6.45) is 0.760. The number of amides is 1. The van der Waals surface area contributed by atoms with E-state index in [1.807, 2.05) is 13.8 Å². The molecule has 0 aliphatic heterocycles. The molecule has 0 bridgehead atoms. The van der Waals surface area contributed by atoms with E-state index in [1.165, 1.54) is 11.8 Å². The molecule has 2 N–H and O–H groups in total. The van der Waals surface area contributed by atoms with E-state index in [4.69, 9.17) is 5.14 Å². The molecule has 0 aromatic heterocycles. The molecule has 0 aliphatic rings. The van der Waals surface area contributed by atoms with Crippen LogP contribution >= 0.6 is 0 Å². The molecule has 0 heterocycles. The van der Waals surface area contributed by atoms with E-state index in [0.29, 0.717) is 13.1 Å². The minimum atomic E-state index is -4.07. The molecule has 0 spiro atoms. The number of rotatable bonds is 5. The van der Waals surface area contributed by atoms with Crippen LogP contribution in [0.5, 0.6) is 0 Å². The Balaban J connectivity index is 3.39. The number of hydrogen-bond acceptors (Lipinski definition) is 3. The molecule has 112 valence electrons. The molecule has 1 aromatic rings. The smallest absolute Gasteiger partial charge is 0.254 e. The Morgan fingerprint density at radius 1 is 1.35 bits per heavy atom. The molecule has 0 unspecified atom stereocenters. The van der Waals surface area contributed by atoms with Crippen LogP contribution in [0.3, 0.4) is 0 Å². The van der Waals surface area contributed by atoms with E-state index in [1.54, 1.807) is 0 Å². The molecule has 1 aromatic carbocycles. The summed E-state index contributed by atoms with van der Waals surface area (Å²) in [5, 5.41) is 5.04. The average Bonchev–Trinajstić information content (AvgIpc) is 2.36. The van der Waals surface area contributed by atoms with Crippen LogP contribution in [-0.4, -0.2) is 32.3 Å². The summed E-state index contributed by atoms with van der Waals surface area (Å²) < 4.78 is 36.4. The third-order valence-electron chi connectivity index (χ3n) is 3.02. The van der Waals surface area contributed by atoms with Crippen molar-refractivity contribution in [1.29, 1.82) is 0 Å². The zero-order valence-electron chi connectivity index (χ0n) is 11.8. The molecular formula is C13H19FN2O3S. The SMILES string of the molecule is CCCN(CC)C(=O)c1cc(F)cc(S(N)(=O)=O)c1C. The van der Waals surface area contributed by atoms with E-state index >= 15 is 0 Å². The first-order valence-electron chi connectivity index (χ1n) is 6.34.